The second kappa shape index (κ2) is 7.44. The van der Waals surface area contributed by atoms with Crippen LogP contribution in [0.5, 0.6) is 0 Å². The predicted octanol–water partition coefficient (Wildman–Crippen LogP) is 4.37. The lowest BCUT2D eigenvalue weighted by molar-refractivity contribution is 0.482. The van der Waals surface area contributed by atoms with Gasteiger partial charge in [0.05, 0.1) is 0 Å². The van der Waals surface area contributed by atoms with Crippen LogP contribution >= 0.6 is 0 Å². The van der Waals surface area contributed by atoms with Gasteiger partial charge in [0.25, 0.3) is 0 Å². The quantitative estimate of drug-likeness (QED) is 0.695. The Morgan fingerprint density at radius 3 is 2.65 bits per heavy atom. The second-order valence-corrected chi connectivity index (χ2v) is 4.61. The largest absolute Gasteiger partial charge is 0.310 e. The van der Waals surface area contributed by atoms with Crippen molar-refractivity contribution in [1.82, 2.24) is 5.32 Å². The number of rotatable bonds is 7. The maximum atomic E-state index is 13.3. The molecular weight excluding hydrogens is 213 g/mol. The molecule has 17 heavy (non-hydrogen) atoms. The van der Waals surface area contributed by atoms with Gasteiger partial charge in [0.15, 0.2) is 0 Å². The lowest BCUT2D eigenvalue weighted by Crippen LogP contribution is -2.21. The van der Waals surface area contributed by atoms with E-state index in [1.54, 1.807) is 6.07 Å². The first-order valence-electron chi connectivity index (χ1n) is 6.68. The van der Waals surface area contributed by atoms with Crippen molar-refractivity contribution < 1.29 is 4.39 Å². The fraction of sp³-hybridized carbons (Fsp3) is 0.600. The molecular formula is C15H24FN. The summed E-state index contributed by atoms with van der Waals surface area (Å²) in [5, 5.41) is 3.46. The van der Waals surface area contributed by atoms with Crippen molar-refractivity contribution in [1.29, 1.82) is 0 Å². The average molecular weight is 237 g/mol. The number of aryl methyl sites for hydroxylation is 1. The Morgan fingerprint density at radius 1 is 1.24 bits per heavy atom. The fourth-order valence-electron chi connectivity index (χ4n) is 2.20. The maximum Gasteiger partial charge on any atom is 0.123 e. The number of nitrogens with one attached hydrogen (secondary N) is 1. The van der Waals surface area contributed by atoms with Gasteiger partial charge >= 0.3 is 0 Å². The summed E-state index contributed by atoms with van der Waals surface area (Å²) in [5.41, 5.74) is 2.29. The Kier molecular flexibility index (Phi) is 6.20. The monoisotopic (exact) mass is 237 g/mol. The molecule has 0 fully saturated rings. The molecule has 0 heterocycles. The van der Waals surface area contributed by atoms with Crippen LogP contribution in [0.25, 0.3) is 0 Å². The van der Waals surface area contributed by atoms with Gasteiger partial charge in [0.2, 0.25) is 0 Å². The van der Waals surface area contributed by atoms with E-state index in [1.807, 2.05) is 6.07 Å². The van der Waals surface area contributed by atoms with E-state index >= 15 is 0 Å². The van der Waals surface area contributed by atoms with Gasteiger partial charge in [0, 0.05) is 6.04 Å². The minimum absolute atomic E-state index is 0.135. The van der Waals surface area contributed by atoms with Gasteiger partial charge < -0.3 is 5.32 Å². The van der Waals surface area contributed by atoms with E-state index in [-0.39, 0.29) is 5.82 Å². The third kappa shape index (κ3) is 4.47. The van der Waals surface area contributed by atoms with Crippen molar-refractivity contribution in [3.05, 3.63) is 35.1 Å². The molecule has 1 N–H and O–H groups in total. The van der Waals surface area contributed by atoms with Crippen LogP contribution in [0.1, 0.15) is 56.7 Å². The molecule has 1 unspecified atom stereocenters. The normalized spacial score (nSPS) is 12.7. The molecule has 0 aliphatic rings. The first-order valence-corrected chi connectivity index (χ1v) is 6.68. The molecule has 1 aromatic rings. The van der Waals surface area contributed by atoms with Crippen molar-refractivity contribution >= 4 is 0 Å². The molecule has 0 aliphatic heterocycles. The molecule has 0 aliphatic carbocycles. The molecule has 96 valence electrons. The zero-order chi connectivity index (χ0) is 12.7. The molecule has 1 atom stereocenters. The van der Waals surface area contributed by atoms with E-state index in [9.17, 15) is 4.39 Å². The molecule has 0 saturated heterocycles. The molecule has 2 heteroatoms. The molecule has 1 rings (SSSR count). The molecule has 0 amide bonds. The fourth-order valence-corrected chi connectivity index (χ4v) is 2.20. The highest BCUT2D eigenvalue weighted by molar-refractivity contribution is 5.29. The predicted molar refractivity (Wildman–Crippen MR) is 71.7 cm³/mol. The van der Waals surface area contributed by atoms with Crippen LogP contribution in [0.4, 0.5) is 4.39 Å². The van der Waals surface area contributed by atoms with Gasteiger partial charge in [-0.15, -0.1) is 0 Å². The van der Waals surface area contributed by atoms with Crippen LogP contribution in [0, 0.1) is 12.7 Å². The molecule has 0 bridgehead atoms. The Bertz CT molecular complexity index is 336. The lowest BCUT2D eigenvalue weighted by Gasteiger charge is -2.20. The van der Waals surface area contributed by atoms with Gasteiger partial charge in [0.1, 0.15) is 5.82 Å². The van der Waals surface area contributed by atoms with Crippen LogP contribution in [0.2, 0.25) is 0 Å². The van der Waals surface area contributed by atoms with Crippen molar-refractivity contribution in [3.63, 3.8) is 0 Å². The zero-order valence-electron chi connectivity index (χ0n) is 11.2. The van der Waals surface area contributed by atoms with Gasteiger partial charge in [-0.1, -0.05) is 39.2 Å². The average Bonchev–Trinajstić information content (AvgIpc) is 2.32. The first-order chi connectivity index (χ1) is 8.19. The number of hydrogen-bond acceptors (Lipinski definition) is 1. The topological polar surface area (TPSA) is 12.0 Å². The molecule has 1 aromatic carbocycles. The minimum Gasteiger partial charge on any atom is -0.310 e. The number of halogens is 1. The summed E-state index contributed by atoms with van der Waals surface area (Å²) >= 11 is 0. The van der Waals surface area contributed by atoms with Gasteiger partial charge in [-0.25, -0.2) is 4.39 Å². The Balaban J connectivity index is 2.77. The summed E-state index contributed by atoms with van der Waals surface area (Å²) in [6.45, 7) is 7.28. The van der Waals surface area contributed by atoms with E-state index in [0.29, 0.717) is 6.04 Å². The molecule has 0 spiro atoms. The van der Waals surface area contributed by atoms with E-state index in [1.165, 1.54) is 30.9 Å². The van der Waals surface area contributed by atoms with Gasteiger partial charge in [-0.2, -0.15) is 0 Å². The summed E-state index contributed by atoms with van der Waals surface area (Å²) in [4.78, 5) is 0. The molecule has 0 radical (unpaired) electrons. The highest BCUT2D eigenvalue weighted by Gasteiger charge is 2.12. The van der Waals surface area contributed by atoms with Gasteiger partial charge in [-0.3, -0.25) is 0 Å². The summed E-state index contributed by atoms with van der Waals surface area (Å²) in [6, 6.07) is 5.37. The van der Waals surface area contributed by atoms with E-state index in [0.717, 1.165) is 18.5 Å². The van der Waals surface area contributed by atoms with Crippen molar-refractivity contribution in [2.24, 2.45) is 0 Å². The maximum absolute atomic E-state index is 13.3. The number of benzene rings is 1. The lowest BCUT2D eigenvalue weighted by atomic mass is 9.96. The SMILES string of the molecule is CCCCCC(NCC)c1cc(F)ccc1C. The number of hydrogen-bond donors (Lipinski definition) is 1. The number of unbranched alkanes of at least 4 members (excludes halogenated alkanes) is 2. The Morgan fingerprint density at radius 2 is 2.00 bits per heavy atom. The standard InChI is InChI=1S/C15H24FN/c1-4-6-7-8-15(17-5-2)14-11-13(16)10-9-12(14)3/h9-11,15,17H,4-8H2,1-3H3. The summed E-state index contributed by atoms with van der Waals surface area (Å²) in [5.74, 6) is -0.135. The third-order valence-corrected chi connectivity index (χ3v) is 3.16. The van der Waals surface area contributed by atoms with E-state index < -0.39 is 0 Å². The van der Waals surface area contributed by atoms with Crippen molar-refractivity contribution in [2.45, 2.75) is 52.5 Å². The van der Waals surface area contributed by atoms with Crippen molar-refractivity contribution in [2.75, 3.05) is 6.54 Å². The van der Waals surface area contributed by atoms with Crippen LogP contribution in [0.3, 0.4) is 0 Å². The Labute approximate surface area is 104 Å². The zero-order valence-corrected chi connectivity index (χ0v) is 11.2. The summed E-state index contributed by atoms with van der Waals surface area (Å²) < 4.78 is 13.3. The highest BCUT2D eigenvalue weighted by Crippen LogP contribution is 2.23. The summed E-state index contributed by atoms with van der Waals surface area (Å²) in [7, 11) is 0. The third-order valence-electron chi connectivity index (χ3n) is 3.16. The van der Waals surface area contributed by atoms with Crippen LogP contribution in [-0.2, 0) is 0 Å². The molecule has 0 aromatic heterocycles. The van der Waals surface area contributed by atoms with Crippen LogP contribution < -0.4 is 5.32 Å². The van der Waals surface area contributed by atoms with Crippen LogP contribution in [-0.4, -0.2) is 6.54 Å². The van der Waals surface area contributed by atoms with E-state index in [4.69, 9.17) is 0 Å². The van der Waals surface area contributed by atoms with Crippen LogP contribution in [0.15, 0.2) is 18.2 Å². The first kappa shape index (κ1) is 14.2. The molecule has 1 nitrogen and oxygen atoms in total. The minimum atomic E-state index is -0.135. The Hall–Kier alpha value is -0.890. The smallest absolute Gasteiger partial charge is 0.123 e. The summed E-state index contributed by atoms with van der Waals surface area (Å²) in [6.07, 6.45) is 4.76. The van der Waals surface area contributed by atoms with Crippen molar-refractivity contribution in [3.8, 4) is 0 Å². The molecule has 0 saturated carbocycles. The second-order valence-electron chi connectivity index (χ2n) is 4.61. The highest BCUT2D eigenvalue weighted by atomic mass is 19.1. The van der Waals surface area contributed by atoms with Gasteiger partial charge in [-0.05, 0) is 43.1 Å². The van der Waals surface area contributed by atoms with E-state index in [2.05, 4.69) is 26.1 Å².